The van der Waals surface area contributed by atoms with Gasteiger partial charge in [0.05, 0.1) is 0 Å². The molecule has 0 aliphatic heterocycles. The third kappa shape index (κ3) is 2.29. The van der Waals surface area contributed by atoms with Gasteiger partial charge in [-0.05, 0) is 0 Å². The van der Waals surface area contributed by atoms with Crippen molar-refractivity contribution in [3.8, 4) is 5.75 Å². The van der Waals surface area contributed by atoms with Crippen LogP contribution in [0.1, 0.15) is 5.56 Å². The second-order valence-corrected chi connectivity index (χ2v) is 7.13. The van der Waals surface area contributed by atoms with E-state index >= 15 is 0 Å². The molecule has 0 aliphatic carbocycles. The quantitative estimate of drug-likeness (QED) is 0.736. The van der Waals surface area contributed by atoms with Gasteiger partial charge in [-0.3, -0.25) is 0 Å². The SMILES string of the molecule is COc1cc([Se](C)(=O)=O)ccc1C. The Balaban J connectivity index is 3.30. The van der Waals surface area contributed by atoms with Crippen LogP contribution >= 0.6 is 0 Å². The average Bonchev–Trinajstić information content (AvgIpc) is 2.03. The molecule has 0 aromatic heterocycles. The van der Waals surface area contributed by atoms with Gasteiger partial charge in [-0.15, -0.1) is 0 Å². The van der Waals surface area contributed by atoms with E-state index in [0.717, 1.165) is 5.56 Å². The minimum absolute atomic E-state index is 0.360. The number of rotatable bonds is 2. The molecule has 3 nitrogen and oxygen atoms in total. The van der Waals surface area contributed by atoms with Crippen molar-refractivity contribution < 1.29 is 12.4 Å². The van der Waals surface area contributed by atoms with Crippen LogP contribution in [-0.4, -0.2) is 19.8 Å². The maximum atomic E-state index is 11.2. The molecule has 0 heterocycles. The molecule has 0 aliphatic rings. The van der Waals surface area contributed by atoms with Crippen molar-refractivity contribution in [3.63, 3.8) is 0 Å². The molecule has 0 saturated heterocycles. The number of aryl methyl sites for hydroxylation is 1. The maximum absolute atomic E-state index is 11.2. The zero-order valence-electron chi connectivity index (χ0n) is 7.87. The number of hydrogen-bond donors (Lipinski definition) is 0. The molecule has 1 aromatic carbocycles. The molecule has 0 amide bonds. The zero-order valence-corrected chi connectivity index (χ0v) is 9.58. The van der Waals surface area contributed by atoms with Crippen molar-refractivity contribution in [1.29, 1.82) is 0 Å². The van der Waals surface area contributed by atoms with Gasteiger partial charge in [0.1, 0.15) is 0 Å². The number of hydrogen-bond acceptors (Lipinski definition) is 3. The van der Waals surface area contributed by atoms with E-state index in [1.807, 2.05) is 6.92 Å². The first-order valence-electron chi connectivity index (χ1n) is 3.80. The van der Waals surface area contributed by atoms with Crippen LogP contribution in [-0.2, 0) is 7.67 Å². The molecule has 4 heteroatoms. The third-order valence-electron chi connectivity index (χ3n) is 1.81. The fraction of sp³-hybridized carbons (Fsp3) is 0.333. The van der Waals surface area contributed by atoms with Gasteiger partial charge in [-0.2, -0.15) is 0 Å². The molecule has 0 atom stereocenters. The van der Waals surface area contributed by atoms with E-state index in [-0.39, 0.29) is 0 Å². The molecular formula is C9H12O3Se. The van der Waals surface area contributed by atoms with Crippen LogP contribution in [0.5, 0.6) is 5.75 Å². The summed E-state index contributed by atoms with van der Waals surface area (Å²) in [6.45, 7) is 1.87. The first-order valence-corrected chi connectivity index (χ1v) is 7.76. The summed E-state index contributed by atoms with van der Waals surface area (Å²) in [4.78, 5) is 0. The number of benzene rings is 1. The predicted octanol–water partition coefficient (Wildman–Crippen LogP) is 1.14. The van der Waals surface area contributed by atoms with Gasteiger partial charge in [0, 0.05) is 0 Å². The van der Waals surface area contributed by atoms with Crippen molar-refractivity contribution in [2.24, 2.45) is 0 Å². The Kier molecular flexibility index (Phi) is 2.74. The van der Waals surface area contributed by atoms with Crippen molar-refractivity contribution in [2.75, 3.05) is 7.11 Å². The topological polar surface area (TPSA) is 43.4 Å². The van der Waals surface area contributed by atoms with E-state index in [2.05, 4.69) is 0 Å². The van der Waals surface area contributed by atoms with Gasteiger partial charge in [0.2, 0.25) is 0 Å². The van der Waals surface area contributed by atoms with Crippen LogP contribution in [0.3, 0.4) is 0 Å². The Morgan fingerprint density at radius 1 is 1.31 bits per heavy atom. The number of methoxy groups -OCH3 is 1. The Hall–Kier alpha value is -0.861. The molecule has 0 N–H and O–H groups in total. The molecule has 1 aromatic rings. The van der Waals surface area contributed by atoms with Gasteiger partial charge < -0.3 is 0 Å². The molecule has 0 fully saturated rings. The summed E-state index contributed by atoms with van der Waals surface area (Å²) in [5.41, 5.74) is 0.938. The van der Waals surface area contributed by atoms with Crippen LogP contribution < -0.4 is 9.20 Å². The average molecular weight is 247 g/mol. The summed E-state index contributed by atoms with van der Waals surface area (Å²) in [5.74, 6) is 1.87. The standard InChI is InChI=1S/C9H12O3Se/c1-7-4-5-8(13(3,10)11)6-9(7)12-2/h4-6H,1-3H3. The summed E-state index contributed by atoms with van der Waals surface area (Å²) in [5, 5.41) is 0. The Morgan fingerprint density at radius 3 is 2.38 bits per heavy atom. The molecule has 0 radical (unpaired) electrons. The number of ether oxygens (including phenoxy) is 1. The normalized spacial score (nSPS) is 11.3. The van der Waals surface area contributed by atoms with Crippen molar-refractivity contribution in [1.82, 2.24) is 0 Å². The van der Waals surface area contributed by atoms with Gasteiger partial charge in [0.15, 0.2) is 0 Å². The monoisotopic (exact) mass is 248 g/mol. The van der Waals surface area contributed by atoms with Crippen molar-refractivity contribution in [2.45, 2.75) is 12.7 Å². The second kappa shape index (κ2) is 3.48. The summed E-state index contributed by atoms with van der Waals surface area (Å²) in [6.07, 6.45) is 0. The fourth-order valence-electron chi connectivity index (χ4n) is 1.03. The summed E-state index contributed by atoms with van der Waals surface area (Å²) in [6, 6.07) is 4.92. The van der Waals surface area contributed by atoms with E-state index in [1.54, 1.807) is 18.2 Å². The Bertz CT molecular complexity index is 407. The van der Waals surface area contributed by atoms with Gasteiger partial charge >= 0.3 is 78.9 Å². The van der Waals surface area contributed by atoms with Crippen LogP contribution in [0.15, 0.2) is 18.2 Å². The summed E-state index contributed by atoms with van der Waals surface area (Å²) < 4.78 is 27.8. The van der Waals surface area contributed by atoms with Crippen molar-refractivity contribution >= 4 is 17.2 Å². The Labute approximate surface area is 79.4 Å². The molecular weight excluding hydrogens is 235 g/mol. The first kappa shape index (κ1) is 10.2. The van der Waals surface area contributed by atoms with Crippen LogP contribution in [0.4, 0.5) is 0 Å². The van der Waals surface area contributed by atoms with Crippen LogP contribution in [0.2, 0.25) is 5.82 Å². The molecule has 13 heavy (non-hydrogen) atoms. The van der Waals surface area contributed by atoms with Crippen LogP contribution in [0, 0.1) is 6.92 Å². The summed E-state index contributed by atoms with van der Waals surface area (Å²) >= 11 is -3.86. The predicted molar refractivity (Wildman–Crippen MR) is 50.4 cm³/mol. The third-order valence-corrected chi connectivity index (χ3v) is 4.14. The molecule has 72 valence electrons. The van der Waals surface area contributed by atoms with Crippen molar-refractivity contribution in [3.05, 3.63) is 23.8 Å². The molecule has 0 bridgehead atoms. The molecule has 0 unspecified atom stereocenters. The summed E-state index contributed by atoms with van der Waals surface area (Å²) in [7, 11) is 1.53. The van der Waals surface area contributed by atoms with Crippen LogP contribution in [0.25, 0.3) is 0 Å². The molecule has 0 spiro atoms. The zero-order chi connectivity index (χ0) is 10.1. The van der Waals surface area contributed by atoms with E-state index in [0.29, 0.717) is 10.2 Å². The minimum atomic E-state index is -3.86. The second-order valence-electron chi connectivity index (χ2n) is 2.90. The van der Waals surface area contributed by atoms with Gasteiger partial charge in [0.25, 0.3) is 0 Å². The van der Waals surface area contributed by atoms with Gasteiger partial charge in [-0.25, -0.2) is 0 Å². The molecule has 1 rings (SSSR count). The van der Waals surface area contributed by atoms with E-state index in [1.165, 1.54) is 12.9 Å². The van der Waals surface area contributed by atoms with Gasteiger partial charge in [-0.1, -0.05) is 0 Å². The van der Waals surface area contributed by atoms with E-state index in [9.17, 15) is 7.67 Å². The fourth-order valence-corrected chi connectivity index (χ4v) is 2.37. The molecule has 0 saturated carbocycles. The first-order chi connectivity index (χ1) is 5.95. The Morgan fingerprint density at radius 2 is 1.92 bits per heavy atom. The van der Waals surface area contributed by atoms with E-state index in [4.69, 9.17) is 4.74 Å². The van der Waals surface area contributed by atoms with E-state index < -0.39 is 12.7 Å².